The molecule has 3 heteroatoms. The van der Waals surface area contributed by atoms with Crippen LogP contribution in [0.25, 0.3) is 0 Å². The molecule has 0 bridgehead atoms. The lowest BCUT2D eigenvalue weighted by Crippen LogP contribution is -2.35. The van der Waals surface area contributed by atoms with E-state index in [9.17, 15) is 4.39 Å². The van der Waals surface area contributed by atoms with Crippen molar-refractivity contribution in [3.8, 4) is 0 Å². The molecule has 21 heavy (non-hydrogen) atoms. The Bertz CT molecular complexity index is 482. The summed E-state index contributed by atoms with van der Waals surface area (Å²) in [6.07, 6.45) is 5.74. The highest BCUT2D eigenvalue weighted by atomic mass is 79.9. The molecule has 0 spiro atoms. The smallest absolute Gasteiger partial charge is 0.127 e. The summed E-state index contributed by atoms with van der Waals surface area (Å²) < 4.78 is 14.9. The summed E-state index contributed by atoms with van der Waals surface area (Å²) in [5, 5.41) is 0.965. The predicted molar refractivity (Wildman–Crippen MR) is 95.4 cm³/mol. The largest absolute Gasteiger partial charge is 0.207 e. The van der Waals surface area contributed by atoms with Gasteiger partial charge in [0.1, 0.15) is 5.82 Å². The van der Waals surface area contributed by atoms with Gasteiger partial charge in [-0.3, -0.25) is 0 Å². The van der Waals surface area contributed by atoms with E-state index in [1.54, 1.807) is 6.07 Å². The maximum absolute atomic E-state index is 14.1. The SMILES string of the molecule is CC(C)(C)C1CCC(CBr)(Cc2ccc(Br)cc2F)CC1. The van der Waals surface area contributed by atoms with E-state index < -0.39 is 0 Å². The van der Waals surface area contributed by atoms with Crippen LogP contribution >= 0.6 is 31.9 Å². The van der Waals surface area contributed by atoms with Crippen molar-refractivity contribution in [3.63, 3.8) is 0 Å². The quantitative estimate of drug-likeness (QED) is 0.475. The average molecular weight is 420 g/mol. The molecule has 1 aromatic carbocycles. The lowest BCUT2D eigenvalue weighted by atomic mass is 9.63. The fourth-order valence-electron chi connectivity index (χ4n) is 3.52. The molecule has 0 atom stereocenters. The summed E-state index contributed by atoms with van der Waals surface area (Å²) in [4.78, 5) is 0. The lowest BCUT2D eigenvalue weighted by Gasteiger charge is -2.43. The molecule has 1 aromatic rings. The van der Waals surface area contributed by atoms with E-state index >= 15 is 0 Å². The van der Waals surface area contributed by atoms with Gasteiger partial charge in [0.2, 0.25) is 0 Å². The third-order valence-corrected chi connectivity index (χ3v) is 6.82. The Hall–Kier alpha value is 0.110. The minimum atomic E-state index is -0.0809. The molecule has 0 nitrogen and oxygen atoms in total. The van der Waals surface area contributed by atoms with Crippen molar-refractivity contribution in [1.82, 2.24) is 0 Å². The first-order valence-electron chi connectivity index (χ1n) is 7.76. The molecule has 0 aliphatic heterocycles. The highest BCUT2D eigenvalue weighted by Crippen LogP contribution is 2.47. The van der Waals surface area contributed by atoms with Gasteiger partial charge in [0.05, 0.1) is 0 Å². The summed E-state index contributed by atoms with van der Waals surface area (Å²) in [6.45, 7) is 7.02. The summed E-state index contributed by atoms with van der Waals surface area (Å²) >= 11 is 7.04. The van der Waals surface area contributed by atoms with E-state index in [4.69, 9.17) is 0 Å². The molecule has 2 rings (SSSR count). The molecule has 1 fully saturated rings. The minimum Gasteiger partial charge on any atom is -0.207 e. The molecule has 0 aromatic heterocycles. The fourth-order valence-corrected chi connectivity index (χ4v) is 4.62. The van der Waals surface area contributed by atoms with Gasteiger partial charge < -0.3 is 0 Å². The Kier molecular flexibility index (Phi) is 5.57. The van der Waals surface area contributed by atoms with Gasteiger partial charge >= 0.3 is 0 Å². The van der Waals surface area contributed by atoms with E-state index in [1.807, 2.05) is 12.1 Å². The van der Waals surface area contributed by atoms with E-state index in [0.717, 1.165) is 27.7 Å². The number of hydrogen-bond acceptors (Lipinski definition) is 0. The Morgan fingerprint density at radius 1 is 1.24 bits per heavy atom. The number of rotatable bonds is 3. The molecule has 0 heterocycles. The second kappa shape index (κ2) is 6.70. The Morgan fingerprint density at radius 3 is 2.33 bits per heavy atom. The standard InChI is InChI=1S/C18H25Br2F/c1-17(2,3)14-6-8-18(12-19,9-7-14)11-13-4-5-15(20)10-16(13)21/h4-5,10,14H,6-9,11-12H2,1-3H3. The number of benzene rings is 1. The van der Waals surface area contributed by atoms with Crippen molar-refractivity contribution in [2.75, 3.05) is 5.33 Å². The van der Waals surface area contributed by atoms with E-state index in [-0.39, 0.29) is 11.2 Å². The zero-order valence-corrected chi connectivity index (χ0v) is 16.4. The van der Waals surface area contributed by atoms with E-state index in [1.165, 1.54) is 25.7 Å². The molecule has 0 saturated heterocycles. The fraction of sp³-hybridized carbons (Fsp3) is 0.667. The van der Waals surface area contributed by atoms with E-state index in [0.29, 0.717) is 5.41 Å². The highest BCUT2D eigenvalue weighted by Gasteiger charge is 2.38. The van der Waals surface area contributed by atoms with Gasteiger partial charge in [-0.05, 0) is 66.5 Å². The normalized spacial score (nSPS) is 26.9. The van der Waals surface area contributed by atoms with Gasteiger partial charge in [0, 0.05) is 9.80 Å². The van der Waals surface area contributed by atoms with Gasteiger partial charge in [0.25, 0.3) is 0 Å². The average Bonchev–Trinajstić information content (AvgIpc) is 2.41. The van der Waals surface area contributed by atoms with Gasteiger partial charge in [-0.1, -0.05) is 58.7 Å². The van der Waals surface area contributed by atoms with Crippen LogP contribution in [0.4, 0.5) is 4.39 Å². The Labute approximate surface area is 145 Å². The topological polar surface area (TPSA) is 0 Å². The second-order valence-corrected chi connectivity index (χ2v) is 9.16. The third-order valence-electron chi connectivity index (χ3n) is 5.14. The number of alkyl halides is 1. The van der Waals surface area contributed by atoms with Crippen molar-refractivity contribution in [2.45, 2.75) is 52.9 Å². The Morgan fingerprint density at radius 2 is 1.86 bits per heavy atom. The zero-order valence-electron chi connectivity index (χ0n) is 13.2. The first-order chi connectivity index (χ1) is 9.76. The van der Waals surface area contributed by atoms with Gasteiger partial charge in [-0.25, -0.2) is 4.39 Å². The van der Waals surface area contributed by atoms with Crippen molar-refractivity contribution in [2.24, 2.45) is 16.7 Å². The molecular weight excluding hydrogens is 395 g/mol. The van der Waals surface area contributed by atoms with Crippen LogP contribution in [0.15, 0.2) is 22.7 Å². The van der Waals surface area contributed by atoms with Crippen LogP contribution in [0.3, 0.4) is 0 Å². The monoisotopic (exact) mass is 418 g/mol. The van der Waals surface area contributed by atoms with Crippen molar-refractivity contribution in [1.29, 1.82) is 0 Å². The molecular formula is C18H25Br2F. The number of halogens is 3. The minimum absolute atomic E-state index is 0.0809. The van der Waals surface area contributed by atoms with Crippen LogP contribution in [0.1, 0.15) is 52.0 Å². The Balaban J connectivity index is 2.10. The first kappa shape index (κ1) is 17.5. The molecule has 1 aliphatic carbocycles. The molecule has 0 unspecified atom stereocenters. The maximum Gasteiger partial charge on any atom is 0.127 e. The lowest BCUT2D eigenvalue weighted by molar-refractivity contribution is 0.103. The van der Waals surface area contributed by atoms with Crippen molar-refractivity contribution < 1.29 is 4.39 Å². The first-order valence-corrected chi connectivity index (χ1v) is 9.67. The van der Waals surface area contributed by atoms with Crippen LogP contribution in [-0.2, 0) is 6.42 Å². The van der Waals surface area contributed by atoms with Crippen LogP contribution < -0.4 is 0 Å². The highest BCUT2D eigenvalue weighted by molar-refractivity contribution is 9.10. The third kappa shape index (κ3) is 4.31. The van der Waals surface area contributed by atoms with Crippen molar-refractivity contribution >= 4 is 31.9 Å². The summed E-state index contributed by atoms with van der Waals surface area (Å²) in [6, 6.07) is 5.46. The number of hydrogen-bond donors (Lipinski definition) is 0. The molecule has 1 saturated carbocycles. The van der Waals surface area contributed by atoms with Crippen LogP contribution in [-0.4, -0.2) is 5.33 Å². The van der Waals surface area contributed by atoms with Gasteiger partial charge in [0.15, 0.2) is 0 Å². The van der Waals surface area contributed by atoms with Gasteiger partial charge in [-0.15, -0.1) is 0 Å². The molecule has 0 N–H and O–H groups in total. The van der Waals surface area contributed by atoms with Crippen LogP contribution in [0.5, 0.6) is 0 Å². The van der Waals surface area contributed by atoms with Crippen LogP contribution in [0.2, 0.25) is 0 Å². The predicted octanol–water partition coefficient (Wildman–Crippen LogP) is 6.75. The van der Waals surface area contributed by atoms with E-state index in [2.05, 4.69) is 52.6 Å². The zero-order chi connectivity index (χ0) is 15.7. The molecule has 1 aliphatic rings. The molecule has 118 valence electrons. The summed E-state index contributed by atoms with van der Waals surface area (Å²) in [7, 11) is 0. The molecule has 0 radical (unpaired) electrons. The second-order valence-electron chi connectivity index (χ2n) is 7.69. The van der Waals surface area contributed by atoms with Gasteiger partial charge in [-0.2, -0.15) is 0 Å². The van der Waals surface area contributed by atoms with Crippen molar-refractivity contribution in [3.05, 3.63) is 34.1 Å². The summed E-state index contributed by atoms with van der Waals surface area (Å²) in [5.74, 6) is 0.710. The van der Waals surface area contributed by atoms with Crippen LogP contribution in [0, 0.1) is 22.6 Å². The molecule has 0 amide bonds. The maximum atomic E-state index is 14.1. The summed E-state index contributed by atoms with van der Waals surface area (Å²) in [5.41, 5.74) is 1.46.